The molecule has 1 saturated heterocycles. The van der Waals surface area contributed by atoms with Crippen LogP contribution >= 0.6 is 0 Å². The van der Waals surface area contributed by atoms with Gasteiger partial charge in [0, 0.05) is 24.2 Å². The number of anilines is 1. The molecule has 0 saturated carbocycles. The minimum absolute atomic E-state index is 0.0834. The molecule has 2 heterocycles. The number of nitrogens with one attached hydrogen (secondary N) is 2. The number of piperidine rings is 1. The van der Waals surface area contributed by atoms with E-state index in [1.807, 2.05) is 26.0 Å². The molecule has 0 spiro atoms. The second-order valence-corrected chi connectivity index (χ2v) is 7.54. The van der Waals surface area contributed by atoms with Crippen LogP contribution in [0.5, 0.6) is 0 Å². The first-order valence-electron chi connectivity index (χ1n) is 9.55. The summed E-state index contributed by atoms with van der Waals surface area (Å²) in [6.45, 7) is 8.45. The smallest absolute Gasteiger partial charge is 0.232 e. The van der Waals surface area contributed by atoms with Crippen molar-refractivity contribution in [3.05, 3.63) is 41.5 Å². The van der Waals surface area contributed by atoms with Crippen molar-refractivity contribution in [3.8, 4) is 0 Å². The maximum Gasteiger partial charge on any atom is 0.232 e. The number of aromatic nitrogens is 3. The largest absolute Gasteiger partial charge is 0.326 e. The summed E-state index contributed by atoms with van der Waals surface area (Å²) < 4.78 is 0. The molecule has 6 heteroatoms. The monoisotopic (exact) mass is 355 g/mol. The van der Waals surface area contributed by atoms with E-state index in [0.29, 0.717) is 11.9 Å². The molecule has 0 bridgehead atoms. The molecule has 1 fully saturated rings. The van der Waals surface area contributed by atoms with E-state index in [0.717, 1.165) is 24.6 Å². The summed E-state index contributed by atoms with van der Waals surface area (Å²) in [4.78, 5) is 19.2. The van der Waals surface area contributed by atoms with Gasteiger partial charge in [0.15, 0.2) is 5.82 Å². The highest BCUT2D eigenvalue weighted by Crippen LogP contribution is 2.20. The second kappa shape index (κ2) is 8.45. The van der Waals surface area contributed by atoms with Crippen LogP contribution in [0.15, 0.2) is 24.3 Å². The third kappa shape index (κ3) is 4.91. The first-order valence-corrected chi connectivity index (χ1v) is 9.55. The Morgan fingerprint density at radius 2 is 2.23 bits per heavy atom. The maximum atomic E-state index is 12.3. The number of nitrogens with zero attached hydrogens (tertiary/aromatic N) is 3. The molecular formula is C20H29N5O. The summed E-state index contributed by atoms with van der Waals surface area (Å²) in [5, 5.41) is 9.96. The zero-order chi connectivity index (χ0) is 18.5. The Morgan fingerprint density at radius 3 is 2.96 bits per heavy atom. The molecule has 2 N–H and O–H groups in total. The Labute approximate surface area is 155 Å². The quantitative estimate of drug-likeness (QED) is 0.832. The van der Waals surface area contributed by atoms with Crippen LogP contribution in [0.3, 0.4) is 0 Å². The van der Waals surface area contributed by atoms with Crippen LogP contribution in [0.1, 0.15) is 63.2 Å². The van der Waals surface area contributed by atoms with Gasteiger partial charge < -0.3 is 5.32 Å². The van der Waals surface area contributed by atoms with Crippen LogP contribution in [-0.2, 0) is 17.8 Å². The predicted octanol–water partition coefficient (Wildman–Crippen LogP) is 3.48. The highest BCUT2D eigenvalue weighted by molar-refractivity contribution is 5.91. The molecule has 2 aromatic rings. The average molecular weight is 355 g/mol. The normalized spacial score (nSPS) is 18.2. The topological polar surface area (TPSA) is 73.9 Å². The second-order valence-electron chi connectivity index (χ2n) is 7.54. The summed E-state index contributed by atoms with van der Waals surface area (Å²) in [6, 6.07) is 8.76. The third-order valence-corrected chi connectivity index (χ3v) is 4.93. The number of hydrogen-bond donors (Lipinski definition) is 2. The van der Waals surface area contributed by atoms with Crippen molar-refractivity contribution in [2.24, 2.45) is 0 Å². The number of H-pyrrole nitrogens is 1. The van der Waals surface area contributed by atoms with Gasteiger partial charge in [0.05, 0.1) is 6.42 Å². The van der Waals surface area contributed by atoms with Gasteiger partial charge in [-0.05, 0) is 44.0 Å². The van der Waals surface area contributed by atoms with Crippen LogP contribution in [0, 0.1) is 0 Å². The average Bonchev–Trinajstić information content (AvgIpc) is 3.06. The van der Waals surface area contributed by atoms with E-state index in [9.17, 15) is 4.79 Å². The molecule has 1 amide bonds. The van der Waals surface area contributed by atoms with E-state index in [1.54, 1.807) is 0 Å². The summed E-state index contributed by atoms with van der Waals surface area (Å²) in [5.74, 6) is 1.51. The van der Waals surface area contributed by atoms with E-state index in [1.165, 1.54) is 24.8 Å². The molecule has 3 rings (SSSR count). The van der Waals surface area contributed by atoms with E-state index >= 15 is 0 Å². The van der Waals surface area contributed by atoms with Crippen LogP contribution < -0.4 is 5.32 Å². The van der Waals surface area contributed by atoms with Gasteiger partial charge in [-0.3, -0.25) is 14.8 Å². The predicted molar refractivity (Wildman–Crippen MR) is 103 cm³/mol. The van der Waals surface area contributed by atoms with Gasteiger partial charge in [0.25, 0.3) is 0 Å². The summed E-state index contributed by atoms with van der Waals surface area (Å²) >= 11 is 0. The summed E-state index contributed by atoms with van der Waals surface area (Å²) in [7, 11) is 0. The number of carbonyl (C=O) groups excluding carboxylic acids is 1. The standard InChI is InChI=1S/C20H29N5O/c1-14(2)20-22-18(23-24-20)12-19(26)21-17-9-6-8-16(11-17)13-25-10-5-4-7-15(25)3/h6,8-9,11,14-15H,4-5,7,10,12-13H2,1-3H3,(H,21,26)(H,22,23,24). The highest BCUT2D eigenvalue weighted by Gasteiger charge is 2.18. The van der Waals surface area contributed by atoms with Crippen molar-refractivity contribution in [1.82, 2.24) is 20.1 Å². The van der Waals surface area contributed by atoms with Gasteiger partial charge in [0.2, 0.25) is 5.91 Å². The molecule has 6 nitrogen and oxygen atoms in total. The lowest BCUT2D eigenvalue weighted by Gasteiger charge is -2.33. The summed E-state index contributed by atoms with van der Waals surface area (Å²) in [5.41, 5.74) is 2.07. The Kier molecular flexibility index (Phi) is 6.04. The molecule has 0 radical (unpaired) electrons. The van der Waals surface area contributed by atoms with Gasteiger partial charge in [0.1, 0.15) is 5.82 Å². The molecule has 26 heavy (non-hydrogen) atoms. The molecule has 1 aromatic carbocycles. The SMILES string of the molecule is CC(C)c1n[nH]c(CC(=O)Nc2cccc(CN3CCCCC3C)c2)n1. The first kappa shape index (κ1) is 18.6. The maximum absolute atomic E-state index is 12.3. The number of carbonyl (C=O) groups is 1. The lowest BCUT2D eigenvalue weighted by atomic mass is 10.0. The number of likely N-dealkylation sites (tertiary alicyclic amines) is 1. The lowest BCUT2D eigenvalue weighted by Crippen LogP contribution is -2.36. The first-order chi connectivity index (χ1) is 12.5. The Morgan fingerprint density at radius 1 is 1.38 bits per heavy atom. The molecule has 1 aliphatic rings. The van der Waals surface area contributed by atoms with Crippen molar-refractivity contribution in [1.29, 1.82) is 0 Å². The molecule has 140 valence electrons. The number of rotatable bonds is 6. The van der Waals surface area contributed by atoms with E-state index < -0.39 is 0 Å². The van der Waals surface area contributed by atoms with Gasteiger partial charge in [-0.15, -0.1) is 0 Å². The molecule has 1 aromatic heterocycles. The van der Waals surface area contributed by atoms with E-state index in [4.69, 9.17) is 0 Å². The number of amides is 1. The Balaban J connectivity index is 1.58. The van der Waals surface area contributed by atoms with Crippen LogP contribution in [0.25, 0.3) is 0 Å². The van der Waals surface area contributed by atoms with Crippen LogP contribution in [0.4, 0.5) is 5.69 Å². The van der Waals surface area contributed by atoms with Crippen LogP contribution in [-0.4, -0.2) is 38.6 Å². The lowest BCUT2D eigenvalue weighted by molar-refractivity contribution is -0.115. The zero-order valence-corrected chi connectivity index (χ0v) is 16.0. The third-order valence-electron chi connectivity index (χ3n) is 4.93. The van der Waals surface area contributed by atoms with Crippen molar-refractivity contribution in [2.75, 3.05) is 11.9 Å². The van der Waals surface area contributed by atoms with Crippen molar-refractivity contribution in [2.45, 2.75) is 65.0 Å². The fourth-order valence-electron chi connectivity index (χ4n) is 3.38. The fourth-order valence-corrected chi connectivity index (χ4v) is 3.38. The van der Waals surface area contributed by atoms with Gasteiger partial charge in [-0.25, -0.2) is 4.98 Å². The number of aromatic amines is 1. The van der Waals surface area contributed by atoms with E-state index in [-0.39, 0.29) is 18.2 Å². The number of hydrogen-bond acceptors (Lipinski definition) is 4. The molecule has 1 unspecified atom stereocenters. The minimum Gasteiger partial charge on any atom is -0.326 e. The fraction of sp³-hybridized carbons (Fsp3) is 0.550. The zero-order valence-electron chi connectivity index (χ0n) is 16.0. The number of benzene rings is 1. The molecule has 0 aliphatic carbocycles. The molecule has 1 aliphatic heterocycles. The van der Waals surface area contributed by atoms with Gasteiger partial charge >= 0.3 is 0 Å². The van der Waals surface area contributed by atoms with Gasteiger partial charge in [-0.1, -0.05) is 32.4 Å². The summed E-state index contributed by atoms with van der Waals surface area (Å²) in [6.07, 6.45) is 4.07. The van der Waals surface area contributed by atoms with Crippen molar-refractivity contribution < 1.29 is 4.79 Å². The molecule has 1 atom stereocenters. The van der Waals surface area contributed by atoms with E-state index in [2.05, 4.69) is 44.5 Å². The minimum atomic E-state index is -0.0834. The van der Waals surface area contributed by atoms with Gasteiger partial charge in [-0.2, -0.15) is 5.10 Å². The highest BCUT2D eigenvalue weighted by atomic mass is 16.1. The Bertz CT molecular complexity index is 739. The van der Waals surface area contributed by atoms with Crippen molar-refractivity contribution in [3.63, 3.8) is 0 Å². The Hall–Kier alpha value is -2.21. The molecular weight excluding hydrogens is 326 g/mol. The van der Waals surface area contributed by atoms with Crippen LogP contribution in [0.2, 0.25) is 0 Å². The van der Waals surface area contributed by atoms with Crippen molar-refractivity contribution >= 4 is 11.6 Å².